The molecule has 0 unspecified atom stereocenters. The van der Waals surface area contributed by atoms with Crippen molar-refractivity contribution < 1.29 is 0 Å². The maximum absolute atomic E-state index is 3.77. The van der Waals surface area contributed by atoms with Crippen LogP contribution >= 0.6 is 32.1 Å². The van der Waals surface area contributed by atoms with E-state index in [1.165, 1.54) is 32.6 Å². The highest BCUT2D eigenvalue weighted by Gasteiger charge is 2.16. The van der Waals surface area contributed by atoms with Gasteiger partial charge in [0.25, 0.3) is 0 Å². The number of H-pyrrole nitrogens is 1. The summed E-state index contributed by atoms with van der Waals surface area (Å²) in [6.07, 6.45) is 0. The number of benzene rings is 3. The van der Waals surface area contributed by atoms with Crippen LogP contribution in [-0.2, 0) is 0 Å². The van der Waals surface area contributed by atoms with Gasteiger partial charge in [0, 0.05) is 37.1 Å². The number of aromatic nitrogens is 2. The van der Waals surface area contributed by atoms with Gasteiger partial charge >= 0.3 is 0 Å². The van der Waals surface area contributed by atoms with Crippen molar-refractivity contribution in [2.45, 2.75) is 0 Å². The lowest BCUT2D eigenvalue weighted by Gasteiger charge is -1.99. The van der Waals surface area contributed by atoms with Gasteiger partial charge in [-0.15, -0.1) is 0 Å². The summed E-state index contributed by atoms with van der Waals surface area (Å²) in [5.41, 5.74) is 4.70. The number of para-hydroxylation sites is 2. The van der Waals surface area contributed by atoms with Crippen molar-refractivity contribution >= 4 is 75.7 Å². The van der Waals surface area contributed by atoms with Gasteiger partial charge in [-0.25, -0.2) is 0 Å². The van der Waals surface area contributed by atoms with Gasteiger partial charge in [-0.1, -0.05) is 36.4 Å². The SMILES string of the molecule is Brc1cccc2c3ccc4[nH]c5ccccc5c4c3n(Br)c12. The molecule has 0 saturated heterocycles. The van der Waals surface area contributed by atoms with Crippen LogP contribution in [0.15, 0.2) is 59.1 Å². The van der Waals surface area contributed by atoms with Crippen LogP contribution in [0.5, 0.6) is 0 Å². The van der Waals surface area contributed by atoms with E-state index in [1.807, 2.05) is 0 Å². The van der Waals surface area contributed by atoms with Crippen LogP contribution in [0.1, 0.15) is 0 Å². The highest BCUT2D eigenvalue weighted by atomic mass is 79.9. The number of fused-ring (bicyclic) bond motifs is 7. The molecule has 0 amide bonds. The van der Waals surface area contributed by atoms with Crippen LogP contribution in [-0.4, -0.2) is 8.58 Å². The lowest BCUT2D eigenvalue weighted by atomic mass is 10.1. The van der Waals surface area contributed by atoms with E-state index >= 15 is 0 Å². The van der Waals surface area contributed by atoms with Crippen molar-refractivity contribution in [2.75, 3.05) is 0 Å². The Hall–Kier alpha value is -1.78. The molecule has 2 heterocycles. The van der Waals surface area contributed by atoms with Gasteiger partial charge < -0.3 is 4.98 Å². The van der Waals surface area contributed by atoms with Crippen molar-refractivity contribution in [3.63, 3.8) is 0 Å². The second-order valence-corrected chi connectivity index (χ2v) is 7.04. The van der Waals surface area contributed by atoms with E-state index in [9.17, 15) is 0 Å². The molecule has 3 aromatic carbocycles. The molecule has 4 heteroatoms. The molecule has 0 aliphatic rings. The molecule has 0 saturated carbocycles. The Labute approximate surface area is 143 Å². The first kappa shape index (κ1) is 12.7. The molecule has 5 rings (SSSR count). The molecule has 0 aliphatic carbocycles. The Bertz CT molecular complexity index is 1200. The zero-order valence-electron chi connectivity index (χ0n) is 11.4. The first-order chi connectivity index (χ1) is 10.8. The van der Waals surface area contributed by atoms with Gasteiger partial charge in [-0.2, -0.15) is 0 Å². The molecule has 0 radical (unpaired) electrons. The summed E-state index contributed by atoms with van der Waals surface area (Å²) in [5, 5.41) is 5.01. The second-order valence-electron chi connectivity index (χ2n) is 5.47. The third-order valence-electron chi connectivity index (χ3n) is 4.31. The number of nitrogens with zero attached hydrogens (tertiary/aromatic N) is 1. The van der Waals surface area contributed by atoms with Crippen molar-refractivity contribution in [3.05, 3.63) is 59.1 Å². The van der Waals surface area contributed by atoms with Crippen LogP contribution < -0.4 is 0 Å². The average molecular weight is 414 g/mol. The molecular weight excluding hydrogens is 404 g/mol. The topological polar surface area (TPSA) is 20.7 Å². The highest BCUT2D eigenvalue weighted by Crippen LogP contribution is 2.40. The van der Waals surface area contributed by atoms with Gasteiger partial charge in [-0.05, 0) is 34.1 Å². The summed E-state index contributed by atoms with van der Waals surface area (Å²) in [7, 11) is 0. The predicted molar refractivity (Wildman–Crippen MR) is 101 cm³/mol. The van der Waals surface area contributed by atoms with E-state index in [1.54, 1.807) is 0 Å². The van der Waals surface area contributed by atoms with E-state index in [4.69, 9.17) is 0 Å². The molecule has 2 nitrogen and oxygen atoms in total. The molecule has 5 aromatic rings. The van der Waals surface area contributed by atoms with E-state index in [2.05, 4.69) is 95.3 Å². The zero-order chi connectivity index (χ0) is 14.8. The largest absolute Gasteiger partial charge is 0.354 e. The quantitative estimate of drug-likeness (QED) is 0.305. The Morgan fingerprint density at radius 1 is 0.727 bits per heavy atom. The van der Waals surface area contributed by atoms with Gasteiger partial charge in [-0.3, -0.25) is 3.59 Å². The minimum Gasteiger partial charge on any atom is -0.354 e. The fourth-order valence-corrected chi connectivity index (χ4v) is 4.92. The molecule has 0 aliphatic heterocycles. The molecule has 22 heavy (non-hydrogen) atoms. The molecular formula is C18H10Br2N2. The van der Waals surface area contributed by atoms with Crippen molar-refractivity contribution in [2.24, 2.45) is 0 Å². The average Bonchev–Trinajstić information content (AvgIpc) is 3.04. The van der Waals surface area contributed by atoms with E-state index in [0.29, 0.717) is 0 Å². The summed E-state index contributed by atoms with van der Waals surface area (Å²) in [6, 6.07) is 19.1. The summed E-state index contributed by atoms with van der Waals surface area (Å²) in [5.74, 6) is 0. The normalized spacial score (nSPS) is 12.1. The molecule has 0 fully saturated rings. The smallest absolute Gasteiger partial charge is 0.0747 e. The van der Waals surface area contributed by atoms with Gasteiger partial charge in [0.1, 0.15) is 0 Å². The second kappa shape index (κ2) is 4.37. The standard InChI is InChI=1S/C18H10Br2N2/c19-13-6-3-5-10-11-8-9-15-16(18(11)22(20)17(10)13)12-4-1-2-7-14(12)21-15/h1-9,21H. The van der Waals surface area contributed by atoms with Gasteiger partial charge in [0.15, 0.2) is 0 Å². The minimum atomic E-state index is 1.09. The van der Waals surface area contributed by atoms with E-state index in [0.717, 1.165) is 15.5 Å². The number of rotatable bonds is 0. The molecule has 0 spiro atoms. The summed E-state index contributed by atoms with van der Waals surface area (Å²) < 4.78 is 3.20. The van der Waals surface area contributed by atoms with E-state index < -0.39 is 0 Å². The van der Waals surface area contributed by atoms with Crippen molar-refractivity contribution in [3.8, 4) is 0 Å². The third kappa shape index (κ3) is 1.49. The van der Waals surface area contributed by atoms with Gasteiger partial charge in [0.2, 0.25) is 0 Å². The van der Waals surface area contributed by atoms with Crippen LogP contribution in [0.2, 0.25) is 0 Å². The summed E-state index contributed by atoms with van der Waals surface area (Å²) in [6.45, 7) is 0. The van der Waals surface area contributed by atoms with Crippen LogP contribution in [0, 0.1) is 0 Å². The Morgan fingerprint density at radius 2 is 1.50 bits per heavy atom. The fourth-order valence-electron chi connectivity index (χ4n) is 3.39. The Morgan fingerprint density at radius 3 is 2.41 bits per heavy atom. The molecule has 0 atom stereocenters. The zero-order valence-corrected chi connectivity index (χ0v) is 14.6. The third-order valence-corrected chi connectivity index (χ3v) is 5.66. The van der Waals surface area contributed by atoms with E-state index in [-0.39, 0.29) is 0 Å². The van der Waals surface area contributed by atoms with Crippen molar-refractivity contribution in [1.29, 1.82) is 0 Å². The number of aromatic amines is 1. The number of nitrogens with one attached hydrogen (secondary N) is 1. The van der Waals surface area contributed by atoms with Crippen LogP contribution in [0.4, 0.5) is 0 Å². The minimum absolute atomic E-state index is 1.09. The molecule has 0 bridgehead atoms. The molecule has 2 aromatic heterocycles. The van der Waals surface area contributed by atoms with Crippen LogP contribution in [0.3, 0.4) is 0 Å². The number of hydrogen-bond acceptors (Lipinski definition) is 0. The lowest BCUT2D eigenvalue weighted by Crippen LogP contribution is -1.80. The number of hydrogen-bond donors (Lipinski definition) is 1. The van der Waals surface area contributed by atoms with Crippen molar-refractivity contribution in [1.82, 2.24) is 8.58 Å². The molecule has 106 valence electrons. The summed E-state index contributed by atoms with van der Waals surface area (Å²) in [4.78, 5) is 3.51. The lowest BCUT2D eigenvalue weighted by molar-refractivity contribution is 1.46. The fraction of sp³-hybridized carbons (Fsp3) is 0. The molecule has 1 N–H and O–H groups in total. The Balaban J connectivity index is 2.18. The monoisotopic (exact) mass is 412 g/mol. The highest BCUT2D eigenvalue weighted by molar-refractivity contribution is 9.10. The first-order valence-corrected chi connectivity index (χ1v) is 8.54. The predicted octanol–water partition coefficient (Wildman–Crippen LogP) is 6.35. The summed E-state index contributed by atoms with van der Waals surface area (Å²) >= 11 is 7.44. The Kier molecular flexibility index (Phi) is 2.53. The van der Waals surface area contributed by atoms with Crippen LogP contribution in [0.25, 0.3) is 43.6 Å². The maximum Gasteiger partial charge on any atom is 0.0747 e. The first-order valence-electron chi connectivity index (χ1n) is 7.04. The maximum atomic E-state index is 3.77. The van der Waals surface area contributed by atoms with Gasteiger partial charge in [0.05, 0.1) is 27.2 Å². The number of halogens is 2.